The molecule has 0 atom stereocenters. The van der Waals surface area contributed by atoms with E-state index >= 15 is 0 Å². The van der Waals surface area contributed by atoms with Crippen molar-refractivity contribution >= 4 is 40.1 Å². The highest BCUT2D eigenvalue weighted by molar-refractivity contribution is 6.34. The Balaban J connectivity index is 1.45. The molecular weight excluding hydrogens is 504 g/mol. The minimum Gasteiger partial charge on any atom is -0.490 e. The number of aromatic nitrogens is 4. The largest absolute Gasteiger partial charge is 0.490 e. The summed E-state index contributed by atoms with van der Waals surface area (Å²) >= 11 is 11.4. The van der Waals surface area contributed by atoms with E-state index in [-0.39, 0.29) is 29.4 Å². The van der Waals surface area contributed by atoms with Gasteiger partial charge < -0.3 is 24.8 Å². The van der Waals surface area contributed by atoms with Gasteiger partial charge in [0.05, 0.1) is 24.2 Å². The highest BCUT2D eigenvalue weighted by Crippen LogP contribution is 2.33. The van der Waals surface area contributed by atoms with Gasteiger partial charge in [-0.1, -0.05) is 23.2 Å². The lowest BCUT2D eigenvalue weighted by Gasteiger charge is -2.14. The standard InChI is InChI=1S/C22H18Cl2FN5O5/c1-2-34-16-7-10(13-9-14-17(27-13)21(32)30-22(33)28-14)3-4-15(16)35-6-5-26-20(31)11-8-12(25)19(24)29-18(11)23/h3-4,7-9,27H,2,5-6H2,1H3,(H,26,31)(H2,28,30,32,33). The van der Waals surface area contributed by atoms with Crippen molar-refractivity contribution in [3.8, 4) is 22.8 Å². The van der Waals surface area contributed by atoms with Crippen LogP contribution in [-0.2, 0) is 0 Å². The van der Waals surface area contributed by atoms with Crippen LogP contribution in [0.15, 0.2) is 39.9 Å². The number of nitrogens with zero attached hydrogens (tertiary/aromatic N) is 1. The molecule has 0 spiro atoms. The Labute approximate surface area is 206 Å². The van der Waals surface area contributed by atoms with Crippen LogP contribution in [0.25, 0.3) is 22.3 Å². The van der Waals surface area contributed by atoms with Crippen LogP contribution in [0.2, 0.25) is 10.3 Å². The van der Waals surface area contributed by atoms with Gasteiger partial charge in [-0.15, -0.1) is 0 Å². The number of amides is 1. The summed E-state index contributed by atoms with van der Waals surface area (Å²) in [7, 11) is 0. The van der Waals surface area contributed by atoms with E-state index in [2.05, 4.69) is 25.3 Å². The second-order valence-corrected chi connectivity index (χ2v) is 7.89. The van der Waals surface area contributed by atoms with Crippen molar-refractivity contribution in [2.24, 2.45) is 0 Å². The number of fused-ring (bicyclic) bond motifs is 1. The van der Waals surface area contributed by atoms with Gasteiger partial charge >= 0.3 is 5.69 Å². The summed E-state index contributed by atoms with van der Waals surface area (Å²) in [5.41, 5.74) is 0.624. The highest BCUT2D eigenvalue weighted by Gasteiger charge is 2.16. The zero-order chi connectivity index (χ0) is 25.1. The number of aromatic amines is 3. The van der Waals surface area contributed by atoms with Crippen molar-refractivity contribution < 1.29 is 18.7 Å². The summed E-state index contributed by atoms with van der Waals surface area (Å²) in [5.74, 6) is -0.632. The predicted octanol–water partition coefficient (Wildman–Crippen LogP) is 3.26. The fraction of sp³-hybridized carbons (Fsp3) is 0.182. The van der Waals surface area contributed by atoms with Crippen LogP contribution in [-0.4, -0.2) is 45.6 Å². The van der Waals surface area contributed by atoms with Gasteiger partial charge in [0.1, 0.15) is 17.3 Å². The first-order valence-corrected chi connectivity index (χ1v) is 11.1. The van der Waals surface area contributed by atoms with Gasteiger partial charge in [0.25, 0.3) is 11.5 Å². The lowest BCUT2D eigenvalue weighted by Crippen LogP contribution is -2.28. The molecule has 0 saturated carbocycles. The number of ether oxygens (including phenoxy) is 2. The van der Waals surface area contributed by atoms with Crippen LogP contribution in [0.5, 0.6) is 11.5 Å². The zero-order valence-corrected chi connectivity index (χ0v) is 19.6. The molecular formula is C22H18Cl2FN5O5. The first-order valence-electron chi connectivity index (χ1n) is 10.3. The van der Waals surface area contributed by atoms with Crippen LogP contribution >= 0.6 is 23.2 Å². The molecule has 3 aromatic heterocycles. The quantitative estimate of drug-likeness (QED) is 0.207. The maximum Gasteiger partial charge on any atom is 0.326 e. The third-order valence-corrected chi connectivity index (χ3v) is 5.40. The van der Waals surface area contributed by atoms with Crippen LogP contribution < -0.4 is 26.0 Å². The molecule has 1 aromatic carbocycles. The van der Waals surface area contributed by atoms with Gasteiger partial charge in [-0.05, 0) is 37.3 Å². The molecule has 0 aliphatic heterocycles. The van der Waals surface area contributed by atoms with Gasteiger partial charge in [0.2, 0.25) is 0 Å². The Hall–Kier alpha value is -3.83. The second-order valence-electron chi connectivity index (χ2n) is 7.18. The number of H-pyrrole nitrogens is 3. The molecule has 13 heteroatoms. The molecule has 10 nitrogen and oxygen atoms in total. The Morgan fingerprint density at radius 3 is 2.63 bits per heavy atom. The summed E-state index contributed by atoms with van der Waals surface area (Å²) < 4.78 is 25.0. The summed E-state index contributed by atoms with van der Waals surface area (Å²) in [5, 5.41) is 1.93. The van der Waals surface area contributed by atoms with Crippen molar-refractivity contribution in [2.45, 2.75) is 6.92 Å². The van der Waals surface area contributed by atoms with Crippen LogP contribution in [0, 0.1) is 5.82 Å². The molecule has 0 saturated heterocycles. The number of nitrogens with one attached hydrogen (secondary N) is 4. The van der Waals surface area contributed by atoms with E-state index in [4.69, 9.17) is 32.7 Å². The first kappa shape index (κ1) is 24.3. The van der Waals surface area contributed by atoms with Crippen molar-refractivity contribution in [3.05, 3.63) is 72.9 Å². The van der Waals surface area contributed by atoms with E-state index in [0.29, 0.717) is 34.9 Å². The normalized spacial score (nSPS) is 11.0. The number of hydrogen-bond donors (Lipinski definition) is 4. The highest BCUT2D eigenvalue weighted by atomic mass is 35.5. The Bertz CT molecular complexity index is 1530. The second kappa shape index (κ2) is 10.2. The Morgan fingerprint density at radius 2 is 1.86 bits per heavy atom. The zero-order valence-electron chi connectivity index (χ0n) is 18.1. The lowest BCUT2D eigenvalue weighted by atomic mass is 10.1. The van der Waals surface area contributed by atoms with Gasteiger partial charge in [-0.3, -0.25) is 14.6 Å². The third-order valence-electron chi connectivity index (χ3n) is 4.85. The average Bonchev–Trinajstić information content (AvgIpc) is 3.24. The molecule has 0 aliphatic rings. The van der Waals surface area contributed by atoms with E-state index in [1.807, 2.05) is 6.92 Å². The number of pyridine rings is 1. The maximum absolute atomic E-state index is 13.6. The monoisotopic (exact) mass is 521 g/mol. The minimum absolute atomic E-state index is 0.0787. The van der Waals surface area contributed by atoms with E-state index in [1.54, 1.807) is 24.3 Å². The van der Waals surface area contributed by atoms with E-state index < -0.39 is 28.1 Å². The summed E-state index contributed by atoms with van der Waals surface area (Å²) in [6.45, 7) is 2.34. The number of halogens is 3. The van der Waals surface area contributed by atoms with E-state index in [9.17, 15) is 18.8 Å². The average molecular weight is 522 g/mol. The van der Waals surface area contributed by atoms with Gasteiger partial charge in [0, 0.05) is 11.3 Å². The molecule has 0 radical (unpaired) electrons. The lowest BCUT2D eigenvalue weighted by molar-refractivity contribution is 0.0946. The molecule has 0 bridgehead atoms. The summed E-state index contributed by atoms with van der Waals surface area (Å²) in [6.07, 6.45) is 0. The molecule has 0 fully saturated rings. The number of carbonyl (C=O) groups is 1. The van der Waals surface area contributed by atoms with Crippen molar-refractivity contribution in [1.29, 1.82) is 0 Å². The molecule has 4 N–H and O–H groups in total. The third kappa shape index (κ3) is 5.31. The summed E-state index contributed by atoms with van der Waals surface area (Å²) in [4.78, 5) is 47.0. The number of benzene rings is 1. The van der Waals surface area contributed by atoms with Crippen LogP contribution in [0.4, 0.5) is 4.39 Å². The van der Waals surface area contributed by atoms with Crippen LogP contribution in [0.1, 0.15) is 17.3 Å². The molecule has 1 amide bonds. The first-order chi connectivity index (χ1) is 16.8. The number of hydrogen-bond acceptors (Lipinski definition) is 6. The molecule has 4 aromatic rings. The fourth-order valence-electron chi connectivity index (χ4n) is 3.30. The maximum atomic E-state index is 13.6. The Morgan fingerprint density at radius 1 is 1.06 bits per heavy atom. The smallest absolute Gasteiger partial charge is 0.326 e. The van der Waals surface area contributed by atoms with Gasteiger partial charge in [-0.25, -0.2) is 14.2 Å². The Kier molecular flexibility index (Phi) is 7.08. The fourth-order valence-corrected chi connectivity index (χ4v) is 3.70. The minimum atomic E-state index is -0.857. The van der Waals surface area contributed by atoms with E-state index in [1.165, 1.54) is 0 Å². The predicted molar refractivity (Wildman–Crippen MR) is 128 cm³/mol. The van der Waals surface area contributed by atoms with Crippen molar-refractivity contribution in [2.75, 3.05) is 19.8 Å². The molecule has 4 rings (SSSR count). The number of carbonyl (C=O) groups excluding carboxylic acids is 1. The summed E-state index contributed by atoms with van der Waals surface area (Å²) in [6, 6.07) is 7.70. The molecule has 3 heterocycles. The molecule has 0 unspecified atom stereocenters. The molecule has 35 heavy (non-hydrogen) atoms. The van der Waals surface area contributed by atoms with Crippen molar-refractivity contribution in [1.82, 2.24) is 25.3 Å². The van der Waals surface area contributed by atoms with Crippen molar-refractivity contribution in [3.63, 3.8) is 0 Å². The topological polar surface area (TPSA) is 142 Å². The van der Waals surface area contributed by atoms with Gasteiger partial charge in [-0.2, -0.15) is 0 Å². The molecule has 182 valence electrons. The number of rotatable bonds is 8. The van der Waals surface area contributed by atoms with Gasteiger partial charge in [0.15, 0.2) is 22.5 Å². The molecule has 0 aliphatic carbocycles. The van der Waals surface area contributed by atoms with E-state index in [0.717, 1.165) is 6.07 Å². The SMILES string of the molecule is CCOc1cc(-c2cc3[nH]c(=O)[nH]c(=O)c3[nH]2)ccc1OCCNC(=O)c1cc(F)c(Cl)nc1Cl. The van der Waals surface area contributed by atoms with Crippen LogP contribution in [0.3, 0.4) is 0 Å².